The van der Waals surface area contributed by atoms with Crippen molar-refractivity contribution < 1.29 is 14.3 Å². The number of hydrogen-bond donors (Lipinski definition) is 1. The minimum Gasteiger partial charge on any atom is -0.497 e. The van der Waals surface area contributed by atoms with Crippen molar-refractivity contribution in [3.05, 3.63) is 65.2 Å². The Hall–Kier alpha value is -3.26. The normalized spacial score (nSPS) is 12.0. The lowest BCUT2D eigenvalue weighted by Crippen LogP contribution is -2.27. The minimum atomic E-state index is -0.430. The lowest BCUT2D eigenvalue weighted by molar-refractivity contribution is -0.117. The van der Waals surface area contributed by atoms with Crippen LogP contribution in [0.4, 0.5) is 0 Å². The van der Waals surface area contributed by atoms with Gasteiger partial charge in [-0.1, -0.05) is 30.3 Å². The van der Waals surface area contributed by atoms with E-state index in [4.69, 9.17) is 9.47 Å². The monoisotopic (exact) mass is 336 g/mol. The number of benzene rings is 2. The van der Waals surface area contributed by atoms with Gasteiger partial charge in [-0.3, -0.25) is 4.79 Å². The zero-order valence-electron chi connectivity index (χ0n) is 14.4. The zero-order valence-corrected chi connectivity index (χ0v) is 14.4. The van der Waals surface area contributed by atoms with Gasteiger partial charge in [0.1, 0.15) is 23.1 Å². The van der Waals surface area contributed by atoms with Crippen LogP contribution in [0.1, 0.15) is 24.1 Å². The van der Waals surface area contributed by atoms with Crippen molar-refractivity contribution >= 4 is 12.0 Å². The average Bonchev–Trinajstić information content (AvgIpc) is 2.66. The first-order chi connectivity index (χ1) is 12.1. The van der Waals surface area contributed by atoms with Crippen molar-refractivity contribution in [1.29, 1.82) is 5.26 Å². The smallest absolute Gasteiger partial charge is 0.262 e. The molecule has 2 rings (SSSR count). The van der Waals surface area contributed by atoms with Crippen LogP contribution in [0.5, 0.6) is 11.5 Å². The summed E-state index contributed by atoms with van der Waals surface area (Å²) in [5.74, 6) is 0.738. The molecule has 0 fully saturated rings. The molecule has 25 heavy (non-hydrogen) atoms. The van der Waals surface area contributed by atoms with Crippen LogP contribution < -0.4 is 14.8 Å². The number of ether oxygens (including phenoxy) is 2. The fourth-order valence-electron chi connectivity index (χ4n) is 2.33. The quantitative estimate of drug-likeness (QED) is 0.647. The van der Waals surface area contributed by atoms with Gasteiger partial charge in [0.2, 0.25) is 0 Å². The number of rotatable bonds is 6. The molecule has 0 unspecified atom stereocenters. The van der Waals surface area contributed by atoms with E-state index in [0.717, 1.165) is 5.56 Å². The van der Waals surface area contributed by atoms with E-state index in [0.29, 0.717) is 17.1 Å². The Labute approximate surface area is 147 Å². The Morgan fingerprint density at radius 3 is 2.24 bits per heavy atom. The van der Waals surface area contributed by atoms with Crippen LogP contribution in [0, 0.1) is 11.3 Å². The second kappa shape index (κ2) is 8.55. The molecule has 128 valence electrons. The van der Waals surface area contributed by atoms with Crippen LogP contribution in [0.15, 0.2) is 54.1 Å². The zero-order chi connectivity index (χ0) is 18.2. The van der Waals surface area contributed by atoms with Crippen molar-refractivity contribution in [2.75, 3.05) is 14.2 Å². The number of hydrogen-bond acceptors (Lipinski definition) is 4. The Balaban J connectivity index is 2.22. The fourth-order valence-corrected chi connectivity index (χ4v) is 2.33. The van der Waals surface area contributed by atoms with Gasteiger partial charge in [-0.05, 0) is 36.3 Å². The Kier molecular flexibility index (Phi) is 6.19. The van der Waals surface area contributed by atoms with Crippen molar-refractivity contribution in [3.8, 4) is 17.6 Å². The third kappa shape index (κ3) is 4.85. The molecule has 1 atom stereocenters. The topological polar surface area (TPSA) is 71.3 Å². The molecule has 2 aromatic rings. The molecular formula is C20H20N2O3. The highest BCUT2D eigenvalue weighted by Gasteiger charge is 2.14. The number of methoxy groups -OCH3 is 2. The van der Waals surface area contributed by atoms with E-state index >= 15 is 0 Å². The van der Waals surface area contributed by atoms with Crippen LogP contribution >= 0.6 is 0 Å². The summed E-state index contributed by atoms with van der Waals surface area (Å²) < 4.78 is 10.4. The van der Waals surface area contributed by atoms with E-state index in [2.05, 4.69) is 5.32 Å². The molecule has 0 aromatic heterocycles. The van der Waals surface area contributed by atoms with E-state index < -0.39 is 5.91 Å². The van der Waals surface area contributed by atoms with Crippen LogP contribution in [0.3, 0.4) is 0 Å². The highest BCUT2D eigenvalue weighted by molar-refractivity contribution is 6.01. The summed E-state index contributed by atoms with van der Waals surface area (Å²) in [5.41, 5.74) is 1.63. The summed E-state index contributed by atoms with van der Waals surface area (Å²) >= 11 is 0. The van der Waals surface area contributed by atoms with Crippen LogP contribution in [-0.4, -0.2) is 20.1 Å². The highest BCUT2D eigenvalue weighted by Crippen LogP contribution is 2.24. The molecule has 0 aliphatic heterocycles. The van der Waals surface area contributed by atoms with Gasteiger partial charge in [0, 0.05) is 6.07 Å². The Morgan fingerprint density at radius 1 is 1.12 bits per heavy atom. The summed E-state index contributed by atoms with van der Waals surface area (Å²) in [5, 5.41) is 12.2. The summed E-state index contributed by atoms with van der Waals surface area (Å²) in [7, 11) is 3.09. The molecule has 5 nitrogen and oxygen atoms in total. The maximum Gasteiger partial charge on any atom is 0.262 e. The summed E-state index contributed by atoms with van der Waals surface area (Å²) in [6.07, 6.45) is 1.51. The molecular weight excluding hydrogens is 316 g/mol. The van der Waals surface area contributed by atoms with E-state index in [1.54, 1.807) is 32.4 Å². The summed E-state index contributed by atoms with van der Waals surface area (Å²) in [4.78, 5) is 12.4. The lowest BCUT2D eigenvalue weighted by atomic mass is 10.1. The first-order valence-electron chi connectivity index (χ1n) is 7.78. The van der Waals surface area contributed by atoms with Crippen LogP contribution in [-0.2, 0) is 4.79 Å². The molecule has 0 saturated carbocycles. The highest BCUT2D eigenvalue weighted by atomic mass is 16.5. The first-order valence-corrected chi connectivity index (χ1v) is 7.78. The van der Waals surface area contributed by atoms with E-state index in [-0.39, 0.29) is 11.6 Å². The van der Waals surface area contributed by atoms with Gasteiger partial charge in [-0.25, -0.2) is 0 Å². The number of nitrogens with one attached hydrogen (secondary N) is 1. The molecule has 0 bridgehead atoms. The lowest BCUT2D eigenvalue weighted by Gasteiger charge is -2.14. The summed E-state index contributed by atoms with van der Waals surface area (Å²) in [6.45, 7) is 1.87. The van der Waals surface area contributed by atoms with Gasteiger partial charge in [-0.2, -0.15) is 5.26 Å². The van der Waals surface area contributed by atoms with Gasteiger partial charge in [0.15, 0.2) is 0 Å². The first kappa shape index (κ1) is 18.1. The van der Waals surface area contributed by atoms with Crippen molar-refractivity contribution in [3.63, 3.8) is 0 Å². The molecule has 0 saturated heterocycles. The van der Waals surface area contributed by atoms with Crippen molar-refractivity contribution in [2.24, 2.45) is 0 Å². The largest absolute Gasteiger partial charge is 0.497 e. The Bertz CT molecular complexity index is 785. The third-order valence-corrected chi connectivity index (χ3v) is 3.70. The maximum atomic E-state index is 12.4. The SMILES string of the molecule is COc1cc(/C=C(\C#N)C(=O)N[C@H](C)c2ccccc2)cc(OC)c1. The minimum absolute atomic E-state index is 0.0121. The predicted molar refractivity (Wildman–Crippen MR) is 96.1 cm³/mol. The number of carbonyl (C=O) groups excluding carboxylic acids is 1. The third-order valence-electron chi connectivity index (χ3n) is 3.70. The fraction of sp³-hybridized carbons (Fsp3) is 0.200. The molecule has 0 aliphatic rings. The van der Waals surface area contributed by atoms with Crippen molar-refractivity contribution in [2.45, 2.75) is 13.0 Å². The molecule has 0 radical (unpaired) electrons. The van der Waals surface area contributed by atoms with Gasteiger partial charge in [-0.15, -0.1) is 0 Å². The number of carbonyl (C=O) groups is 1. The molecule has 2 aromatic carbocycles. The van der Waals surface area contributed by atoms with Crippen LogP contribution in [0.25, 0.3) is 6.08 Å². The molecule has 5 heteroatoms. The second-order valence-electron chi connectivity index (χ2n) is 5.42. The maximum absolute atomic E-state index is 12.4. The standard InChI is InChI=1S/C20H20N2O3/c1-14(16-7-5-4-6-8-16)22-20(23)17(13-21)9-15-10-18(24-2)12-19(11-15)25-3/h4-12,14H,1-3H3,(H,22,23)/b17-9+/t14-/m1/s1. The Morgan fingerprint density at radius 2 is 1.72 bits per heavy atom. The van der Waals surface area contributed by atoms with Crippen LogP contribution in [0.2, 0.25) is 0 Å². The van der Waals surface area contributed by atoms with E-state index in [1.165, 1.54) is 6.08 Å². The van der Waals surface area contributed by atoms with Gasteiger partial charge in [0.25, 0.3) is 5.91 Å². The van der Waals surface area contributed by atoms with Gasteiger partial charge in [0.05, 0.1) is 20.3 Å². The molecule has 0 aliphatic carbocycles. The number of nitriles is 1. The van der Waals surface area contributed by atoms with Crippen molar-refractivity contribution in [1.82, 2.24) is 5.32 Å². The van der Waals surface area contributed by atoms with Gasteiger partial charge >= 0.3 is 0 Å². The van der Waals surface area contributed by atoms with Gasteiger partial charge < -0.3 is 14.8 Å². The second-order valence-corrected chi connectivity index (χ2v) is 5.42. The van der Waals surface area contributed by atoms with E-state index in [9.17, 15) is 10.1 Å². The average molecular weight is 336 g/mol. The predicted octanol–water partition coefficient (Wildman–Crippen LogP) is 3.49. The number of amides is 1. The van der Waals surface area contributed by atoms with E-state index in [1.807, 2.05) is 43.3 Å². The molecule has 1 amide bonds. The molecule has 1 N–H and O–H groups in total. The number of nitrogens with zero attached hydrogens (tertiary/aromatic N) is 1. The summed E-state index contributed by atoms with van der Waals surface area (Å²) in [6, 6.07) is 16.5. The molecule has 0 spiro atoms. The molecule has 0 heterocycles.